The van der Waals surface area contributed by atoms with Gasteiger partial charge in [-0.2, -0.15) is 0 Å². The Morgan fingerprint density at radius 3 is 2.27 bits per heavy atom. The van der Waals surface area contributed by atoms with E-state index >= 15 is 0 Å². The van der Waals surface area contributed by atoms with E-state index in [0.717, 1.165) is 50.6 Å². The Morgan fingerprint density at radius 1 is 0.865 bits per heavy atom. The zero-order valence-corrected chi connectivity index (χ0v) is 21.6. The van der Waals surface area contributed by atoms with Crippen LogP contribution in [0.1, 0.15) is 66.9 Å². The van der Waals surface area contributed by atoms with Crippen LogP contribution < -0.4 is 0 Å². The minimum absolute atomic E-state index is 0.0146. The molecule has 1 saturated carbocycles. The third-order valence-corrected chi connectivity index (χ3v) is 8.62. The highest BCUT2D eigenvalue weighted by Crippen LogP contribution is 2.53. The van der Waals surface area contributed by atoms with Crippen molar-refractivity contribution in [2.45, 2.75) is 62.1 Å². The summed E-state index contributed by atoms with van der Waals surface area (Å²) in [6.07, 6.45) is 6.02. The predicted molar refractivity (Wildman–Crippen MR) is 142 cm³/mol. The van der Waals surface area contributed by atoms with Crippen LogP contribution in [-0.4, -0.2) is 37.7 Å². The molecule has 5 heteroatoms. The lowest BCUT2D eigenvalue weighted by Crippen LogP contribution is -2.41. The Labute approximate surface area is 219 Å². The molecule has 0 unspecified atom stereocenters. The van der Waals surface area contributed by atoms with Crippen LogP contribution >= 0.6 is 0 Å². The van der Waals surface area contributed by atoms with Crippen molar-refractivity contribution in [2.24, 2.45) is 0 Å². The van der Waals surface area contributed by atoms with Crippen molar-refractivity contribution in [3.63, 3.8) is 0 Å². The van der Waals surface area contributed by atoms with Gasteiger partial charge in [0, 0.05) is 18.0 Å². The molecule has 37 heavy (non-hydrogen) atoms. The summed E-state index contributed by atoms with van der Waals surface area (Å²) in [5, 5.41) is 0. The maximum Gasteiger partial charge on any atom is 0.195 e. The molecule has 1 atom stereocenters. The molecular weight excluding hydrogens is 465 g/mol. The van der Waals surface area contributed by atoms with Gasteiger partial charge in [-0.15, -0.1) is 0 Å². The number of halogens is 1. The average molecular weight is 502 g/mol. The zero-order chi connectivity index (χ0) is 25.3. The summed E-state index contributed by atoms with van der Waals surface area (Å²) < 4.78 is 32.5. The van der Waals surface area contributed by atoms with Gasteiger partial charge < -0.3 is 19.1 Å². The highest BCUT2D eigenvalue weighted by atomic mass is 19.1. The van der Waals surface area contributed by atoms with Gasteiger partial charge in [0.15, 0.2) is 5.79 Å². The molecule has 4 nitrogen and oxygen atoms in total. The van der Waals surface area contributed by atoms with Crippen LogP contribution in [0.25, 0.3) is 0 Å². The molecule has 1 aliphatic carbocycles. The van der Waals surface area contributed by atoms with Crippen molar-refractivity contribution in [1.29, 1.82) is 0 Å². The summed E-state index contributed by atoms with van der Waals surface area (Å²) in [7, 11) is 2.24. The number of ether oxygens (including phenoxy) is 3. The lowest BCUT2D eigenvalue weighted by atomic mass is 9.77. The van der Waals surface area contributed by atoms with Crippen molar-refractivity contribution in [3.05, 3.63) is 107 Å². The van der Waals surface area contributed by atoms with E-state index in [1.165, 1.54) is 28.8 Å². The molecule has 2 fully saturated rings. The lowest BCUT2D eigenvalue weighted by molar-refractivity contribution is -0.172. The van der Waals surface area contributed by atoms with E-state index in [9.17, 15) is 4.39 Å². The smallest absolute Gasteiger partial charge is 0.195 e. The molecule has 3 aromatic carbocycles. The maximum absolute atomic E-state index is 13.5. The van der Waals surface area contributed by atoms with Crippen LogP contribution in [-0.2, 0) is 25.6 Å². The number of fused-ring (bicyclic) bond motifs is 2. The van der Waals surface area contributed by atoms with Gasteiger partial charge in [-0.25, -0.2) is 4.39 Å². The fraction of sp³-hybridized carbons (Fsp3) is 0.438. The van der Waals surface area contributed by atoms with Crippen molar-refractivity contribution >= 4 is 0 Å². The van der Waals surface area contributed by atoms with Gasteiger partial charge in [-0.3, -0.25) is 0 Å². The molecule has 6 rings (SSSR count). The standard InChI is InChI=1S/C32H36FNO3/c1-34(21-7-18-32(35-22-23-36-32)25-12-14-26(33)15-13-25)27-16-19-31(20-17-27)29-11-6-5-10-28(29)30(37-31)24-8-3-2-4-9-24/h2-6,8-15,27,30H,7,16-23H2,1H3/t27?,30-,31?/m1/s1. The SMILES string of the molecule is CN(CCCC1(c2ccc(F)cc2)OCCO1)C1CCC2(CC1)O[C@H](c1ccccc1)c1ccccc12. The summed E-state index contributed by atoms with van der Waals surface area (Å²) in [4.78, 5) is 2.50. The molecular formula is C32H36FNO3. The monoisotopic (exact) mass is 501 g/mol. The Balaban J connectivity index is 1.08. The van der Waals surface area contributed by atoms with Gasteiger partial charge in [-0.1, -0.05) is 66.7 Å². The molecule has 0 N–H and O–H groups in total. The van der Waals surface area contributed by atoms with Gasteiger partial charge >= 0.3 is 0 Å². The summed E-state index contributed by atoms with van der Waals surface area (Å²) in [5.74, 6) is -0.991. The topological polar surface area (TPSA) is 30.9 Å². The number of hydrogen-bond acceptors (Lipinski definition) is 4. The number of hydrogen-bond donors (Lipinski definition) is 0. The highest BCUT2D eigenvalue weighted by molar-refractivity contribution is 5.43. The molecule has 3 aliphatic rings. The molecule has 3 aromatic rings. The number of rotatable bonds is 7. The molecule has 2 aliphatic heterocycles. The average Bonchev–Trinajstić information content (AvgIpc) is 3.54. The minimum Gasteiger partial charge on any atom is -0.358 e. The molecule has 2 heterocycles. The predicted octanol–water partition coefficient (Wildman–Crippen LogP) is 6.70. The number of nitrogens with zero attached hydrogens (tertiary/aromatic N) is 1. The fourth-order valence-corrected chi connectivity index (χ4v) is 6.62. The van der Waals surface area contributed by atoms with Gasteiger partial charge in [0.2, 0.25) is 0 Å². The van der Waals surface area contributed by atoms with E-state index in [0.29, 0.717) is 19.3 Å². The van der Waals surface area contributed by atoms with Gasteiger partial charge in [0.25, 0.3) is 0 Å². The van der Waals surface area contributed by atoms with Crippen molar-refractivity contribution in [1.82, 2.24) is 4.90 Å². The maximum atomic E-state index is 13.5. The zero-order valence-electron chi connectivity index (χ0n) is 21.6. The van der Waals surface area contributed by atoms with E-state index < -0.39 is 5.79 Å². The molecule has 0 amide bonds. The Kier molecular flexibility index (Phi) is 6.89. The first-order valence-electron chi connectivity index (χ1n) is 13.6. The first kappa shape index (κ1) is 24.7. The van der Waals surface area contributed by atoms with E-state index in [4.69, 9.17) is 14.2 Å². The second-order valence-corrected chi connectivity index (χ2v) is 10.8. The third kappa shape index (κ3) is 4.74. The first-order valence-corrected chi connectivity index (χ1v) is 13.6. The summed E-state index contributed by atoms with van der Waals surface area (Å²) >= 11 is 0. The van der Waals surface area contributed by atoms with Gasteiger partial charge in [0.05, 0.1) is 18.8 Å². The van der Waals surface area contributed by atoms with Gasteiger partial charge in [0.1, 0.15) is 11.9 Å². The minimum atomic E-state index is -0.751. The highest BCUT2D eigenvalue weighted by Gasteiger charge is 2.47. The normalized spacial score (nSPS) is 26.6. The van der Waals surface area contributed by atoms with Crippen LogP contribution in [0.3, 0.4) is 0 Å². The largest absolute Gasteiger partial charge is 0.358 e. The Morgan fingerprint density at radius 2 is 1.54 bits per heavy atom. The second kappa shape index (κ2) is 10.3. The van der Waals surface area contributed by atoms with Crippen molar-refractivity contribution in [3.8, 4) is 0 Å². The fourth-order valence-electron chi connectivity index (χ4n) is 6.62. The van der Waals surface area contributed by atoms with Crippen molar-refractivity contribution < 1.29 is 18.6 Å². The lowest BCUT2D eigenvalue weighted by Gasteiger charge is -2.41. The van der Waals surface area contributed by atoms with Crippen LogP contribution in [0, 0.1) is 5.82 Å². The van der Waals surface area contributed by atoms with E-state index in [-0.39, 0.29) is 17.5 Å². The first-order chi connectivity index (χ1) is 18.1. The molecule has 194 valence electrons. The quantitative estimate of drug-likeness (QED) is 0.361. The molecule has 0 bridgehead atoms. The third-order valence-electron chi connectivity index (χ3n) is 8.62. The van der Waals surface area contributed by atoms with Gasteiger partial charge in [-0.05, 0) is 74.5 Å². The van der Waals surface area contributed by atoms with Crippen LogP contribution in [0.5, 0.6) is 0 Å². The molecule has 0 radical (unpaired) electrons. The molecule has 0 aromatic heterocycles. The van der Waals surface area contributed by atoms with Crippen LogP contribution in [0.4, 0.5) is 4.39 Å². The Bertz CT molecular complexity index is 1180. The van der Waals surface area contributed by atoms with E-state index in [1.54, 1.807) is 12.1 Å². The summed E-state index contributed by atoms with van der Waals surface area (Å²) in [6, 6.07) is 26.5. The number of benzene rings is 3. The van der Waals surface area contributed by atoms with E-state index in [1.807, 2.05) is 0 Å². The van der Waals surface area contributed by atoms with Crippen molar-refractivity contribution in [2.75, 3.05) is 26.8 Å². The summed E-state index contributed by atoms with van der Waals surface area (Å²) in [6.45, 7) is 2.12. The van der Waals surface area contributed by atoms with E-state index in [2.05, 4.69) is 66.5 Å². The molecule has 1 saturated heterocycles. The second-order valence-electron chi connectivity index (χ2n) is 10.8. The van der Waals surface area contributed by atoms with Crippen LogP contribution in [0.15, 0.2) is 78.9 Å². The van der Waals surface area contributed by atoms with Crippen LogP contribution in [0.2, 0.25) is 0 Å². The summed E-state index contributed by atoms with van der Waals surface area (Å²) in [5.41, 5.74) is 4.65. The molecule has 1 spiro atoms. The Hall–Kier alpha value is -2.57.